The van der Waals surface area contributed by atoms with Crippen LogP contribution in [0, 0.1) is 17.8 Å². The second-order valence-corrected chi connectivity index (χ2v) is 6.23. The summed E-state index contributed by atoms with van der Waals surface area (Å²) in [5.74, 6) is 0.938. The van der Waals surface area contributed by atoms with Crippen molar-refractivity contribution in [3.8, 4) is 0 Å². The molecule has 0 radical (unpaired) electrons. The first-order chi connectivity index (χ1) is 9.47. The maximum Gasteiger partial charge on any atom is 0.224 e. The van der Waals surface area contributed by atoms with Gasteiger partial charge in [0.2, 0.25) is 11.8 Å². The van der Waals surface area contributed by atoms with Crippen molar-refractivity contribution in [2.75, 3.05) is 26.7 Å². The third kappa shape index (κ3) is 5.12. The van der Waals surface area contributed by atoms with Gasteiger partial charge in [-0.15, -0.1) is 0 Å². The molecule has 2 amide bonds. The molecule has 0 aromatic rings. The Kier molecular flexibility index (Phi) is 6.99. The van der Waals surface area contributed by atoms with Crippen LogP contribution >= 0.6 is 0 Å². The van der Waals surface area contributed by atoms with Gasteiger partial charge >= 0.3 is 0 Å². The second kappa shape index (κ2) is 8.25. The zero-order chi connectivity index (χ0) is 15.1. The van der Waals surface area contributed by atoms with Gasteiger partial charge in [-0.05, 0) is 37.6 Å². The molecule has 1 heterocycles. The summed E-state index contributed by atoms with van der Waals surface area (Å²) in [6.07, 6.45) is 3.27. The first-order valence-corrected chi connectivity index (χ1v) is 7.67. The van der Waals surface area contributed by atoms with Crippen molar-refractivity contribution in [2.45, 2.75) is 39.5 Å². The van der Waals surface area contributed by atoms with Gasteiger partial charge in [0, 0.05) is 26.6 Å². The third-order valence-corrected chi connectivity index (χ3v) is 3.99. The molecule has 1 aliphatic rings. The van der Waals surface area contributed by atoms with E-state index >= 15 is 0 Å². The minimum atomic E-state index is -0.0564. The smallest absolute Gasteiger partial charge is 0.224 e. The number of nitrogens with one attached hydrogen (secondary N) is 1. The molecule has 2 atom stereocenters. The Balaban J connectivity index is 2.51. The average Bonchev–Trinajstić information content (AvgIpc) is 2.45. The normalized spacial score (nSPS) is 20.9. The van der Waals surface area contributed by atoms with Gasteiger partial charge in [-0.2, -0.15) is 0 Å². The lowest BCUT2D eigenvalue weighted by Gasteiger charge is -2.33. The highest BCUT2D eigenvalue weighted by atomic mass is 16.2. The second-order valence-electron chi connectivity index (χ2n) is 6.23. The van der Waals surface area contributed by atoms with Gasteiger partial charge in [0.15, 0.2) is 0 Å². The molecule has 20 heavy (non-hydrogen) atoms. The molecule has 1 fully saturated rings. The maximum absolute atomic E-state index is 12.3. The molecule has 0 saturated carbocycles. The van der Waals surface area contributed by atoms with Crippen LogP contribution in [0.5, 0.6) is 0 Å². The molecule has 0 aliphatic carbocycles. The van der Waals surface area contributed by atoms with Crippen molar-refractivity contribution in [3.05, 3.63) is 0 Å². The van der Waals surface area contributed by atoms with E-state index in [0.717, 1.165) is 25.8 Å². The number of carbonyl (C=O) groups is 2. The predicted octanol–water partition coefficient (Wildman–Crippen LogP) is 0.982. The molecule has 2 unspecified atom stereocenters. The van der Waals surface area contributed by atoms with E-state index in [9.17, 15) is 9.59 Å². The molecule has 5 heteroatoms. The lowest BCUT2D eigenvalue weighted by atomic mass is 9.92. The van der Waals surface area contributed by atoms with E-state index in [1.165, 1.54) is 0 Å². The molecule has 0 aromatic carbocycles. The van der Waals surface area contributed by atoms with Crippen molar-refractivity contribution in [1.82, 2.24) is 10.2 Å². The number of nitrogens with zero attached hydrogens (tertiary/aromatic N) is 1. The zero-order valence-electron chi connectivity index (χ0n) is 13.0. The first kappa shape index (κ1) is 17.0. The Morgan fingerprint density at radius 2 is 2.10 bits per heavy atom. The highest BCUT2D eigenvalue weighted by Crippen LogP contribution is 2.20. The van der Waals surface area contributed by atoms with Crippen LogP contribution in [0.25, 0.3) is 0 Å². The molecular formula is C15H29N3O2. The Labute approximate surface area is 122 Å². The van der Waals surface area contributed by atoms with Gasteiger partial charge in [-0.3, -0.25) is 9.59 Å². The summed E-state index contributed by atoms with van der Waals surface area (Å²) in [7, 11) is 1.65. The fourth-order valence-corrected chi connectivity index (χ4v) is 2.93. The number of rotatable bonds is 6. The molecule has 116 valence electrons. The molecule has 1 aliphatic heterocycles. The lowest BCUT2D eigenvalue weighted by molar-refractivity contribution is -0.136. The molecule has 5 nitrogen and oxygen atoms in total. The van der Waals surface area contributed by atoms with Gasteiger partial charge in [-0.25, -0.2) is 0 Å². The highest BCUT2D eigenvalue weighted by molar-refractivity contribution is 5.81. The fraction of sp³-hybridized carbons (Fsp3) is 0.867. The number of piperidine rings is 1. The predicted molar refractivity (Wildman–Crippen MR) is 80.0 cm³/mol. The number of nitrogens with two attached hydrogens (primary N) is 1. The molecular weight excluding hydrogens is 254 g/mol. The van der Waals surface area contributed by atoms with Crippen LogP contribution in [0.15, 0.2) is 0 Å². The van der Waals surface area contributed by atoms with E-state index in [0.29, 0.717) is 25.4 Å². The quantitative estimate of drug-likeness (QED) is 0.763. The number of amides is 2. The van der Waals surface area contributed by atoms with E-state index in [-0.39, 0.29) is 23.7 Å². The van der Waals surface area contributed by atoms with Crippen molar-refractivity contribution in [3.63, 3.8) is 0 Å². The van der Waals surface area contributed by atoms with Gasteiger partial charge < -0.3 is 16.0 Å². The van der Waals surface area contributed by atoms with Gasteiger partial charge in [0.05, 0.1) is 5.92 Å². The van der Waals surface area contributed by atoms with Gasteiger partial charge in [0.25, 0.3) is 0 Å². The third-order valence-electron chi connectivity index (χ3n) is 3.99. The van der Waals surface area contributed by atoms with E-state index in [4.69, 9.17) is 5.73 Å². The molecule has 3 N–H and O–H groups in total. The Morgan fingerprint density at radius 1 is 1.40 bits per heavy atom. The molecule has 0 aromatic heterocycles. The standard InChI is InChI=1S/C15H29N3O2/c1-11(2)7-12(9-16)8-14(19)18-6-4-5-13(10-18)15(20)17-3/h11-13H,4-10,16H2,1-3H3,(H,17,20). The minimum Gasteiger partial charge on any atom is -0.359 e. The van der Waals surface area contributed by atoms with Crippen LogP contribution < -0.4 is 11.1 Å². The Bertz CT molecular complexity index is 331. The van der Waals surface area contributed by atoms with Gasteiger partial charge in [0.1, 0.15) is 0 Å². The molecule has 0 bridgehead atoms. The lowest BCUT2D eigenvalue weighted by Crippen LogP contribution is -2.45. The topological polar surface area (TPSA) is 75.4 Å². The van der Waals surface area contributed by atoms with Crippen molar-refractivity contribution < 1.29 is 9.59 Å². The highest BCUT2D eigenvalue weighted by Gasteiger charge is 2.28. The number of likely N-dealkylation sites (tertiary alicyclic amines) is 1. The summed E-state index contributed by atoms with van der Waals surface area (Å²) in [6.45, 7) is 6.17. The summed E-state index contributed by atoms with van der Waals surface area (Å²) in [5.41, 5.74) is 5.76. The molecule has 1 rings (SSSR count). The van der Waals surface area contributed by atoms with Crippen molar-refractivity contribution >= 4 is 11.8 Å². The largest absolute Gasteiger partial charge is 0.359 e. The Hall–Kier alpha value is -1.10. The summed E-state index contributed by atoms with van der Waals surface area (Å²) >= 11 is 0. The van der Waals surface area contributed by atoms with Crippen LogP contribution in [0.4, 0.5) is 0 Å². The van der Waals surface area contributed by atoms with E-state index in [2.05, 4.69) is 19.2 Å². The van der Waals surface area contributed by atoms with Gasteiger partial charge in [-0.1, -0.05) is 13.8 Å². The van der Waals surface area contributed by atoms with E-state index in [1.54, 1.807) is 7.05 Å². The number of hydrogen-bond acceptors (Lipinski definition) is 3. The van der Waals surface area contributed by atoms with Crippen LogP contribution in [0.3, 0.4) is 0 Å². The minimum absolute atomic E-state index is 0.0417. The van der Waals surface area contributed by atoms with E-state index < -0.39 is 0 Å². The summed E-state index contributed by atoms with van der Waals surface area (Å²) < 4.78 is 0. The van der Waals surface area contributed by atoms with Crippen LogP contribution in [0.2, 0.25) is 0 Å². The number of hydrogen-bond donors (Lipinski definition) is 2. The first-order valence-electron chi connectivity index (χ1n) is 7.67. The fourth-order valence-electron chi connectivity index (χ4n) is 2.93. The van der Waals surface area contributed by atoms with Crippen LogP contribution in [-0.2, 0) is 9.59 Å². The summed E-state index contributed by atoms with van der Waals surface area (Å²) in [4.78, 5) is 25.9. The monoisotopic (exact) mass is 283 g/mol. The van der Waals surface area contributed by atoms with Crippen LogP contribution in [0.1, 0.15) is 39.5 Å². The number of carbonyl (C=O) groups excluding carboxylic acids is 2. The van der Waals surface area contributed by atoms with E-state index in [1.807, 2.05) is 4.90 Å². The Morgan fingerprint density at radius 3 is 2.65 bits per heavy atom. The average molecular weight is 283 g/mol. The van der Waals surface area contributed by atoms with Crippen LogP contribution in [-0.4, -0.2) is 43.4 Å². The molecule has 1 saturated heterocycles. The SMILES string of the molecule is CNC(=O)C1CCCN(C(=O)CC(CN)CC(C)C)C1. The maximum atomic E-state index is 12.3. The molecule has 0 spiro atoms. The van der Waals surface area contributed by atoms with Crippen molar-refractivity contribution in [2.24, 2.45) is 23.5 Å². The summed E-state index contributed by atoms with van der Waals surface area (Å²) in [5, 5.41) is 2.68. The zero-order valence-corrected chi connectivity index (χ0v) is 13.0. The van der Waals surface area contributed by atoms with Crippen molar-refractivity contribution in [1.29, 1.82) is 0 Å². The summed E-state index contributed by atoms with van der Waals surface area (Å²) in [6, 6.07) is 0.